The standard InChI is InChI=1S/C15H16F12N2S3/c1-6(2)29-8(31)7(30)28(9(29)32)5-4-11(18,19)13(22,23)15(26,27)14(24,25)12(20,21)10(3,16)17/h6,30-31H,4-5H2,1-3H3. The molecule has 0 spiro atoms. The summed E-state index contributed by atoms with van der Waals surface area (Å²) in [4.78, 5) is 0. The molecule has 1 rings (SSSR count). The smallest absolute Gasteiger partial charge is 0.311 e. The van der Waals surface area contributed by atoms with Gasteiger partial charge in [0.1, 0.15) is 10.1 Å². The van der Waals surface area contributed by atoms with Crippen LogP contribution < -0.4 is 0 Å². The summed E-state index contributed by atoms with van der Waals surface area (Å²) in [7, 11) is 0. The number of halogens is 12. The van der Waals surface area contributed by atoms with Crippen molar-refractivity contribution >= 4 is 37.5 Å². The average Bonchev–Trinajstić information content (AvgIpc) is 2.80. The van der Waals surface area contributed by atoms with Crippen LogP contribution in [0.5, 0.6) is 0 Å². The number of imidazole rings is 1. The van der Waals surface area contributed by atoms with Crippen molar-refractivity contribution in [2.45, 2.75) is 85.4 Å². The van der Waals surface area contributed by atoms with Crippen molar-refractivity contribution in [3.05, 3.63) is 4.77 Å². The lowest BCUT2D eigenvalue weighted by Gasteiger charge is -2.40. The van der Waals surface area contributed by atoms with Gasteiger partial charge in [0.2, 0.25) is 0 Å². The lowest BCUT2D eigenvalue weighted by molar-refractivity contribution is -0.423. The Balaban J connectivity index is 3.40. The van der Waals surface area contributed by atoms with Gasteiger partial charge in [0, 0.05) is 25.9 Å². The summed E-state index contributed by atoms with van der Waals surface area (Å²) in [5.41, 5.74) is 0. The monoisotopic (exact) mass is 548 g/mol. The summed E-state index contributed by atoms with van der Waals surface area (Å²) in [6, 6.07) is -0.440. The van der Waals surface area contributed by atoms with Gasteiger partial charge in [-0.1, -0.05) is 0 Å². The van der Waals surface area contributed by atoms with E-state index in [2.05, 4.69) is 25.3 Å². The van der Waals surface area contributed by atoms with Crippen LogP contribution in [0.4, 0.5) is 52.7 Å². The molecule has 1 heterocycles. The Morgan fingerprint density at radius 3 is 1.50 bits per heavy atom. The van der Waals surface area contributed by atoms with E-state index < -0.39 is 61.5 Å². The molecule has 0 unspecified atom stereocenters. The fraction of sp³-hybridized carbons (Fsp3) is 0.800. The van der Waals surface area contributed by atoms with Crippen LogP contribution >= 0.6 is 37.5 Å². The third-order valence-corrected chi connectivity index (χ3v) is 5.95. The van der Waals surface area contributed by atoms with Crippen molar-refractivity contribution in [1.82, 2.24) is 9.13 Å². The molecule has 0 radical (unpaired) electrons. The van der Waals surface area contributed by atoms with Gasteiger partial charge in [-0.15, -0.1) is 25.3 Å². The molecule has 0 fully saturated rings. The maximum atomic E-state index is 14.0. The predicted molar refractivity (Wildman–Crippen MR) is 98.1 cm³/mol. The van der Waals surface area contributed by atoms with Crippen molar-refractivity contribution < 1.29 is 52.7 Å². The Kier molecular flexibility index (Phi) is 7.79. The summed E-state index contributed by atoms with van der Waals surface area (Å²) < 4.78 is 164. The molecule has 0 aliphatic carbocycles. The summed E-state index contributed by atoms with van der Waals surface area (Å²) in [6.07, 6.45) is -2.31. The highest BCUT2D eigenvalue weighted by Gasteiger charge is 2.89. The molecule has 0 aliphatic rings. The van der Waals surface area contributed by atoms with Gasteiger partial charge >= 0.3 is 35.5 Å². The van der Waals surface area contributed by atoms with Gasteiger partial charge in [0.25, 0.3) is 0 Å². The molecule has 32 heavy (non-hydrogen) atoms. The van der Waals surface area contributed by atoms with Crippen LogP contribution in [0.2, 0.25) is 0 Å². The second-order valence-corrected chi connectivity index (χ2v) is 8.40. The number of hydrogen-bond donors (Lipinski definition) is 2. The minimum Gasteiger partial charge on any atom is -0.311 e. The second kappa shape index (κ2) is 8.50. The fourth-order valence-electron chi connectivity index (χ4n) is 2.52. The number of nitrogens with zero attached hydrogens (tertiary/aromatic N) is 2. The van der Waals surface area contributed by atoms with Crippen molar-refractivity contribution in [3.63, 3.8) is 0 Å². The molecule has 0 aromatic carbocycles. The lowest BCUT2D eigenvalue weighted by Crippen LogP contribution is -2.70. The molecule has 2 nitrogen and oxygen atoms in total. The van der Waals surface area contributed by atoms with Crippen molar-refractivity contribution in [2.24, 2.45) is 0 Å². The van der Waals surface area contributed by atoms with E-state index in [4.69, 9.17) is 12.2 Å². The minimum absolute atomic E-state index is 0.0231. The van der Waals surface area contributed by atoms with E-state index in [1.54, 1.807) is 13.8 Å². The topological polar surface area (TPSA) is 9.86 Å². The maximum Gasteiger partial charge on any atom is 0.384 e. The van der Waals surface area contributed by atoms with Crippen LogP contribution in [0, 0.1) is 4.77 Å². The van der Waals surface area contributed by atoms with Gasteiger partial charge in [0.15, 0.2) is 4.77 Å². The molecule has 0 saturated heterocycles. The molecular weight excluding hydrogens is 532 g/mol. The first kappa shape index (κ1) is 29.3. The van der Waals surface area contributed by atoms with Crippen LogP contribution in [-0.4, -0.2) is 44.7 Å². The van der Waals surface area contributed by atoms with Gasteiger partial charge < -0.3 is 9.13 Å². The number of rotatable bonds is 9. The largest absolute Gasteiger partial charge is 0.384 e. The normalized spacial score (nSPS) is 15.1. The molecule has 188 valence electrons. The SMILES string of the molecule is CC(C)n1c(S)c(S)n(CCC(F)(F)C(F)(F)C(F)(F)C(F)(F)C(F)(F)C(C)(F)F)c1=S. The van der Waals surface area contributed by atoms with E-state index >= 15 is 0 Å². The molecular formula is C15H16F12N2S3. The Hall–Kier alpha value is -0.710. The van der Waals surface area contributed by atoms with Gasteiger partial charge in [-0.3, -0.25) is 0 Å². The molecule has 1 aromatic heterocycles. The van der Waals surface area contributed by atoms with Gasteiger partial charge in [-0.25, -0.2) is 0 Å². The Labute approximate surface area is 189 Å². The van der Waals surface area contributed by atoms with Crippen molar-refractivity contribution in [1.29, 1.82) is 0 Å². The number of hydrogen-bond acceptors (Lipinski definition) is 3. The lowest BCUT2D eigenvalue weighted by atomic mass is 9.91. The first-order chi connectivity index (χ1) is 13.9. The van der Waals surface area contributed by atoms with Gasteiger partial charge in [-0.2, -0.15) is 52.7 Å². The third-order valence-electron chi connectivity index (χ3n) is 4.48. The Morgan fingerprint density at radius 2 is 1.16 bits per heavy atom. The summed E-state index contributed by atoms with van der Waals surface area (Å²) in [6.45, 7) is 0.873. The first-order valence-electron chi connectivity index (χ1n) is 8.40. The van der Waals surface area contributed by atoms with Crippen LogP contribution in [0.15, 0.2) is 10.1 Å². The molecule has 17 heteroatoms. The fourth-order valence-corrected chi connectivity index (χ4v) is 3.88. The van der Waals surface area contributed by atoms with Crippen LogP contribution in [-0.2, 0) is 6.54 Å². The quantitative estimate of drug-likeness (QED) is 0.186. The number of aromatic nitrogens is 2. The van der Waals surface area contributed by atoms with Gasteiger partial charge in [-0.05, 0) is 26.1 Å². The summed E-state index contributed by atoms with van der Waals surface area (Å²) >= 11 is 12.8. The number of thiol groups is 2. The van der Waals surface area contributed by atoms with E-state index in [0.29, 0.717) is 4.57 Å². The molecule has 0 saturated carbocycles. The second-order valence-electron chi connectivity index (χ2n) is 7.19. The Bertz CT molecular complexity index is 899. The first-order valence-corrected chi connectivity index (χ1v) is 9.70. The zero-order valence-corrected chi connectivity index (χ0v) is 18.8. The van der Waals surface area contributed by atoms with E-state index in [1.807, 2.05) is 0 Å². The zero-order valence-electron chi connectivity index (χ0n) is 16.2. The van der Waals surface area contributed by atoms with E-state index in [0.717, 1.165) is 0 Å². The summed E-state index contributed by atoms with van der Waals surface area (Å²) in [5.74, 6) is -41.4. The molecule has 0 bridgehead atoms. The van der Waals surface area contributed by atoms with E-state index in [9.17, 15) is 52.7 Å². The average molecular weight is 548 g/mol. The molecule has 0 aliphatic heterocycles. The van der Waals surface area contributed by atoms with Crippen molar-refractivity contribution in [2.75, 3.05) is 0 Å². The Morgan fingerprint density at radius 1 is 0.750 bits per heavy atom. The highest BCUT2D eigenvalue weighted by molar-refractivity contribution is 7.83. The van der Waals surface area contributed by atoms with Crippen LogP contribution in [0.3, 0.4) is 0 Å². The maximum absolute atomic E-state index is 14.0. The molecule has 0 amide bonds. The highest BCUT2D eigenvalue weighted by atomic mass is 32.1. The molecule has 1 aromatic rings. The van der Waals surface area contributed by atoms with E-state index in [1.165, 1.54) is 4.57 Å². The van der Waals surface area contributed by atoms with Crippen LogP contribution in [0.25, 0.3) is 0 Å². The highest BCUT2D eigenvalue weighted by Crippen LogP contribution is 2.60. The van der Waals surface area contributed by atoms with Crippen LogP contribution in [0.1, 0.15) is 33.2 Å². The molecule has 0 N–H and O–H groups in total. The minimum atomic E-state index is -7.57. The summed E-state index contributed by atoms with van der Waals surface area (Å²) in [5, 5.41) is -0.287. The zero-order chi connectivity index (χ0) is 25.9. The third kappa shape index (κ3) is 4.25. The number of alkyl halides is 12. The van der Waals surface area contributed by atoms with E-state index in [-0.39, 0.29) is 14.8 Å². The molecule has 0 atom stereocenters. The van der Waals surface area contributed by atoms with Gasteiger partial charge in [0.05, 0.1) is 0 Å². The predicted octanol–water partition coefficient (Wildman–Crippen LogP) is 7.40. The van der Waals surface area contributed by atoms with Crippen molar-refractivity contribution in [3.8, 4) is 0 Å².